The summed E-state index contributed by atoms with van der Waals surface area (Å²) in [5.41, 5.74) is 18.7. The molecule has 14 aromatic carbocycles. The molecular formula is C74H41BN4. The third kappa shape index (κ3) is 4.91. The van der Waals surface area contributed by atoms with Crippen molar-refractivity contribution < 1.29 is 0 Å². The molecule has 0 saturated carbocycles. The van der Waals surface area contributed by atoms with Crippen LogP contribution in [0.15, 0.2) is 249 Å². The Balaban J connectivity index is 0.997. The summed E-state index contributed by atoms with van der Waals surface area (Å²) >= 11 is 0. The van der Waals surface area contributed by atoms with Gasteiger partial charge in [-0.15, -0.1) is 0 Å². The molecule has 18 aromatic rings. The molecule has 0 amide bonds. The van der Waals surface area contributed by atoms with Gasteiger partial charge in [-0.1, -0.05) is 176 Å². The molecule has 0 radical (unpaired) electrons. The minimum atomic E-state index is -0.101. The molecule has 0 aliphatic carbocycles. The summed E-state index contributed by atoms with van der Waals surface area (Å²) in [5.74, 6) is 0. The second-order valence-corrected chi connectivity index (χ2v) is 22.2. The van der Waals surface area contributed by atoms with Gasteiger partial charge in [0, 0.05) is 76.7 Å². The zero-order chi connectivity index (χ0) is 50.9. The Kier molecular flexibility index (Phi) is 7.43. The first-order valence-corrected chi connectivity index (χ1v) is 27.6. The van der Waals surface area contributed by atoms with Crippen LogP contribution in [0.2, 0.25) is 0 Å². The summed E-state index contributed by atoms with van der Waals surface area (Å²) in [6, 6.07) is 94.5. The second-order valence-electron chi connectivity index (χ2n) is 22.2. The van der Waals surface area contributed by atoms with Crippen LogP contribution in [-0.4, -0.2) is 25.0 Å². The van der Waals surface area contributed by atoms with Gasteiger partial charge >= 0.3 is 0 Å². The van der Waals surface area contributed by atoms with Crippen LogP contribution >= 0.6 is 0 Å². The van der Waals surface area contributed by atoms with Crippen molar-refractivity contribution in [3.8, 4) is 22.7 Å². The van der Waals surface area contributed by atoms with E-state index >= 15 is 0 Å². The topological polar surface area (TPSA) is 19.7 Å². The van der Waals surface area contributed by atoms with Gasteiger partial charge in [-0.25, -0.2) is 0 Å². The van der Waals surface area contributed by atoms with E-state index in [-0.39, 0.29) is 6.71 Å². The molecule has 0 N–H and O–H groups in total. The Hall–Kier alpha value is -10.4. The highest BCUT2D eigenvalue weighted by atomic mass is 15.0. The van der Waals surface area contributed by atoms with E-state index in [1.165, 1.54) is 175 Å². The molecule has 5 heteroatoms. The van der Waals surface area contributed by atoms with Crippen LogP contribution < -0.4 is 16.4 Å². The van der Waals surface area contributed by atoms with E-state index in [1.807, 2.05) is 0 Å². The Morgan fingerprint density at radius 1 is 0.228 bits per heavy atom. The first kappa shape index (κ1) is 40.9. The standard InChI is InChI=1S/C74H41BN4/c1-2-17-45-42(16-1)32-34-55-49(45)35-37-66-69(55)58-39-44(77-63-28-13-9-23-52(63)53-24-10-14-29-64(53)77)40-59-73(58)79(66)68-31-15-30-67-72(68)75(59)60-41-56-48-20-4-3-18-46(48)47-19-5-6-25-54(47)70(56)71-57-38-43(33-36-65(57)78(67)74(60)71)76-61-26-11-7-21-50(61)51-22-8-12-27-62(51)76/h1-41H. The van der Waals surface area contributed by atoms with Crippen LogP contribution in [0.1, 0.15) is 0 Å². The molecule has 360 valence electrons. The molecule has 0 saturated heterocycles. The molecule has 2 aliphatic heterocycles. The highest BCUT2D eigenvalue weighted by molar-refractivity contribution is 7.00. The Morgan fingerprint density at radius 3 is 1.34 bits per heavy atom. The highest BCUT2D eigenvalue weighted by Gasteiger charge is 2.42. The largest absolute Gasteiger partial charge is 0.310 e. The van der Waals surface area contributed by atoms with Crippen molar-refractivity contribution in [1.29, 1.82) is 0 Å². The minimum Gasteiger partial charge on any atom is -0.310 e. The Morgan fingerprint density at radius 2 is 0.684 bits per heavy atom. The van der Waals surface area contributed by atoms with Crippen LogP contribution in [0.3, 0.4) is 0 Å². The van der Waals surface area contributed by atoms with Crippen molar-refractivity contribution in [2.45, 2.75) is 0 Å². The molecule has 4 aromatic heterocycles. The van der Waals surface area contributed by atoms with E-state index < -0.39 is 0 Å². The fraction of sp³-hybridized carbons (Fsp3) is 0. The number of fused-ring (bicyclic) bond motifs is 27. The lowest BCUT2D eigenvalue weighted by atomic mass is 9.34. The summed E-state index contributed by atoms with van der Waals surface area (Å²) < 4.78 is 10.3. The number of hydrogen-bond acceptors (Lipinski definition) is 0. The Bertz CT molecular complexity index is 5780. The average molecular weight is 997 g/mol. The third-order valence-electron chi connectivity index (χ3n) is 18.6. The van der Waals surface area contributed by atoms with E-state index in [0.29, 0.717) is 0 Å². The van der Waals surface area contributed by atoms with Crippen molar-refractivity contribution >= 4 is 164 Å². The van der Waals surface area contributed by atoms with Crippen molar-refractivity contribution in [2.75, 3.05) is 0 Å². The summed E-state index contributed by atoms with van der Waals surface area (Å²) in [7, 11) is 0. The SMILES string of the molecule is c1cc2c3c(c1)-n1c4ccc(-n5c6ccccc6c6ccccc65)cc4c4c5c6ccccc6c6ccccc6c5cc(c41)B3c1cc(-n3c4ccccc4c4ccccc43)cc3c4c5ccc6ccccc6c5ccc4n-2c13. The molecule has 79 heavy (non-hydrogen) atoms. The van der Waals surface area contributed by atoms with Crippen LogP contribution in [0.25, 0.3) is 164 Å². The van der Waals surface area contributed by atoms with E-state index in [2.05, 4.69) is 267 Å². The van der Waals surface area contributed by atoms with E-state index in [0.717, 1.165) is 5.69 Å². The first-order chi connectivity index (χ1) is 39.2. The molecule has 0 atom stereocenters. The summed E-state index contributed by atoms with van der Waals surface area (Å²) in [4.78, 5) is 0. The van der Waals surface area contributed by atoms with E-state index in [1.54, 1.807) is 0 Å². The van der Waals surface area contributed by atoms with Crippen LogP contribution in [-0.2, 0) is 0 Å². The summed E-state index contributed by atoms with van der Waals surface area (Å²) in [5, 5.41) is 23.0. The van der Waals surface area contributed by atoms with Gasteiger partial charge in [0.2, 0.25) is 0 Å². The molecule has 20 rings (SSSR count). The van der Waals surface area contributed by atoms with Gasteiger partial charge in [-0.3, -0.25) is 0 Å². The molecule has 0 bridgehead atoms. The number of rotatable bonds is 2. The van der Waals surface area contributed by atoms with Gasteiger partial charge in [0.25, 0.3) is 6.71 Å². The maximum atomic E-state index is 2.65. The zero-order valence-corrected chi connectivity index (χ0v) is 42.5. The zero-order valence-electron chi connectivity index (χ0n) is 42.5. The average Bonchev–Trinajstić information content (AvgIpc) is 4.17. The fourth-order valence-electron chi connectivity index (χ4n) is 15.7. The van der Waals surface area contributed by atoms with E-state index in [9.17, 15) is 0 Å². The number of para-hydroxylation sites is 4. The van der Waals surface area contributed by atoms with Crippen molar-refractivity contribution in [3.05, 3.63) is 249 Å². The number of aromatic nitrogens is 4. The van der Waals surface area contributed by atoms with Gasteiger partial charge in [-0.2, -0.15) is 0 Å². The first-order valence-electron chi connectivity index (χ1n) is 27.6. The number of hydrogen-bond donors (Lipinski definition) is 0. The van der Waals surface area contributed by atoms with Gasteiger partial charge in [0.05, 0.1) is 38.6 Å². The van der Waals surface area contributed by atoms with Crippen molar-refractivity contribution in [3.63, 3.8) is 0 Å². The molecular weight excluding hydrogens is 956 g/mol. The van der Waals surface area contributed by atoms with E-state index in [4.69, 9.17) is 0 Å². The lowest BCUT2D eigenvalue weighted by molar-refractivity contribution is 1.14. The maximum Gasteiger partial charge on any atom is 0.252 e. The summed E-state index contributed by atoms with van der Waals surface area (Å²) in [6.07, 6.45) is 0. The molecule has 4 nitrogen and oxygen atoms in total. The molecule has 2 aliphatic rings. The van der Waals surface area contributed by atoms with Crippen molar-refractivity contribution in [2.24, 2.45) is 0 Å². The predicted octanol–water partition coefficient (Wildman–Crippen LogP) is 17.0. The van der Waals surface area contributed by atoms with Crippen LogP contribution in [0, 0.1) is 0 Å². The minimum absolute atomic E-state index is 0.101. The van der Waals surface area contributed by atoms with Gasteiger partial charge in [0.1, 0.15) is 0 Å². The van der Waals surface area contributed by atoms with Gasteiger partial charge < -0.3 is 18.3 Å². The lowest BCUT2D eigenvalue weighted by Crippen LogP contribution is -2.59. The normalized spacial score (nSPS) is 13.0. The van der Waals surface area contributed by atoms with Crippen molar-refractivity contribution in [1.82, 2.24) is 18.3 Å². The van der Waals surface area contributed by atoms with Crippen LogP contribution in [0.4, 0.5) is 0 Å². The smallest absolute Gasteiger partial charge is 0.252 e. The quantitative estimate of drug-likeness (QED) is 0.121. The lowest BCUT2D eigenvalue weighted by Gasteiger charge is -2.34. The van der Waals surface area contributed by atoms with Gasteiger partial charge in [0.15, 0.2) is 0 Å². The molecule has 0 fully saturated rings. The Labute approximate surface area is 451 Å². The maximum absolute atomic E-state index is 2.65. The monoisotopic (exact) mass is 996 g/mol. The second kappa shape index (κ2) is 14.4. The predicted molar refractivity (Wildman–Crippen MR) is 336 cm³/mol. The number of benzene rings is 14. The molecule has 0 spiro atoms. The highest BCUT2D eigenvalue weighted by Crippen LogP contribution is 2.48. The number of nitrogens with zero attached hydrogens (tertiary/aromatic N) is 4. The van der Waals surface area contributed by atoms with Crippen LogP contribution in [0.5, 0.6) is 0 Å². The summed E-state index contributed by atoms with van der Waals surface area (Å²) in [6.45, 7) is -0.101. The van der Waals surface area contributed by atoms with Gasteiger partial charge in [-0.05, 0) is 138 Å². The molecule has 0 unspecified atom stereocenters. The molecule has 6 heterocycles. The third-order valence-corrected chi connectivity index (χ3v) is 18.6. The fourth-order valence-corrected chi connectivity index (χ4v) is 15.7.